The number of carbonyl (C=O) groups excluding carboxylic acids is 1. The van der Waals surface area contributed by atoms with Crippen LogP contribution in [0.2, 0.25) is 0 Å². The Bertz CT molecular complexity index is 947. The largest absolute Gasteiger partial charge is 0.475 e. The maximum absolute atomic E-state index is 12.6. The molecule has 1 aliphatic rings. The second-order valence-corrected chi connectivity index (χ2v) is 5.98. The predicted octanol–water partition coefficient (Wildman–Crippen LogP) is 4.38. The molecule has 4 rings (SSSR count). The number of hydrogen-bond donors (Lipinski definition) is 1. The summed E-state index contributed by atoms with van der Waals surface area (Å²) in [5.41, 5.74) is 4.32. The Labute approximate surface area is 152 Å². The summed E-state index contributed by atoms with van der Waals surface area (Å²) < 4.78 is 5.53. The Morgan fingerprint density at radius 1 is 0.846 bits per heavy atom. The zero-order valence-corrected chi connectivity index (χ0v) is 14.2. The molecule has 4 nitrogen and oxygen atoms in total. The van der Waals surface area contributed by atoms with Gasteiger partial charge in [-0.25, -0.2) is 4.99 Å². The summed E-state index contributed by atoms with van der Waals surface area (Å²) in [5, 5.41) is 2.96. The van der Waals surface area contributed by atoms with Crippen LogP contribution in [-0.2, 0) is 4.74 Å². The zero-order chi connectivity index (χ0) is 17.8. The summed E-state index contributed by atoms with van der Waals surface area (Å²) in [6.07, 6.45) is 0. The molecule has 1 N–H and O–H groups in total. The van der Waals surface area contributed by atoms with E-state index >= 15 is 0 Å². The minimum Gasteiger partial charge on any atom is -0.475 e. The molecule has 0 atom stereocenters. The number of hydrogen-bond acceptors (Lipinski definition) is 3. The first-order valence-electron chi connectivity index (χ1n) is 8.55. The van der Waals surface area contributed by atoms with E-state index in [1.165, 1.54) is 0 Å². The van der Waals surface area contributed by atoms with Crippen molar-refractivity contribution in [3.63, 3.8) is 0 Å². The average Bonchev–Trinajstić information content (AvgIpc) is 3.24. The van der Waals surface area contributed by atoms with E-state index in [0.29, 0.717) is 30.3 Å². The summed E-state index contributed by atoms with van der Waals surface area (Å²) >= 11 is 0. The number of para-hydroxylation sites is 1. The summed E-state index contributed by atoms with van der Waals surface area (Å²) in [6, 6.07) is 25.2. The van der Waals surface area contributed by atoms with Crippen LogP contribution in [0.25, 0.3) is 11.1 Å². The monoisotopic (exact) mass is 342 g/mol. The van der Waals surface area contributed by atoms with Gasteiger partial charge < -0.3 is 10.1 Å². The molecule has 0 saturated heterocycles. The standard InChI is InChI=1S/C22H18N2O2/c25-21(18-12-10-17(11-13-18)16-6-2-1-3-7-16)24-20-9-5-4-8-19(20)22-23-14-15-26-22/h1-13H,14-15H2,(H,24,25). The maximum Gasteiger partial charge on any atom is 0.255 e. The molecule has 0 saturated carbocycles. The molecule has 0 fully saturated rings. The van der Waals surface area contributed by atoms with Crippen LogP contribution in [0.15, 0.2) is 83.9 Å². The lowest BCUT2D eigenvalue weighted by molar-refractivity contribution is 0.102. The lowest BCUT2D eigenvalue weighted by Gasteiger charge is -2.11. The Morgan fingerprint density at radius 2 is 1.54 bits per heavy atom. The molecule has 4 heteroatoms. The average molecular weight is 342 g/mol. The fourth-order valence-electron chi connectivity index (χ4n) is 2.92. The molecular weight excluding hydrogens is 324 g/mol. The molecule has 0 aromatic heterocycles. The van der Waals surface area contributed by atoms with Gasteiger partial charge in [-0.2, -0.15) is 0 Å². The molecule has 0 radical (unpaired) electrons. The molecule has 3 aromatic carbocycles. The second-order valence-electron chi connectivity index (χ2n) is 5.98. The van der Waals surface area contributed by atoms with Crippen molar-refractivity contribution < 1.29 is 9.53 Å². The third-order valence-electron chi connectivity index (χ3n) is 4.25. The maximum atomic E-state index is 12.6. The van der Waals surface area contributed by atoms with Gasteiger partial charge in [-0.15, -0.1) is 0 Å². The van der Waals surface area contributed by atoms with Crippen molar-refractivity contribution in [3.8, 4) is 11.1 Å². The number of benzene rings is 3. The van der Waals surface area contributed by atoms with Gasteiger partial charge in [0, 0.05) is 5.56 Å². The number of nitrogens with one attached hydrogen (secondary N) is 1. The van der Waals surface area contributed by atoms with Crippen LogP contribution in [0.5, 0.6) is 0 Å². The Kier molecular flexibility index (Phi) is 4.48. The number of carbonyl (C=O) groups is 1. The van der Waals surface area contributed by atoms with Gasteiger partial charge in [-0.05, 0) is 35.4 Å². The van der Waals surface area contributed by atoms with Crippen LogP contribution in [0, 0.1) is 0 Å². The minimum absolute atomic E-state index is 0.157. The SMILES string of the molecule is O=C(Nc1ccccc1C1=NCCO1)c1ccc(-c2ccccc2)cc1. The van der Waals surface area contributed by atoms with Crippen molar-refractivity contribution in [1.29, 1.82) is 0 Å². The van der Waals surface area contributed by atoms with Gasteiger partial charge in [0.25, 0.3) is 5.91 Å². The fraction of sp³-hybridized carbons (Fsp3) is 0.0909. The minimum atomic E-state index is -0.157. The molecule has 128 valence electrons. The van der Waals surface area contributed by atoms with E-state index < -0.39 is 0 Å². The van der Waals surface area contributed by atoms with Gasteiger partial charge in [-0.1, -0.05) is 54.6 Å². The molecule has 0 unspecified atom stereocenters. The highest BCUT2D eigenvalue weighted by Gasteiger charge is 2.16. The third-order valence-corrected chi connectivity index (χ3v) is 4.25. The lowest BCUT2D eigenvalue weighted by atomic mass is 10.0. The molecule has 3 aromatic rings. The third kappa shape index (κ3) is 3.35. The summed E-state index contributed by atoms with van der Waals surface area (Å²) in [6.45, 7) is 1.23. The molecule has 0 spiro atoms. The first-order chi connectivity index (χ1) is 12.8. The van der Waals surface area contributed by atoms with Crippen molar-refractivity contribution >= 4 is 17.5 Å². The molecule has 0 bridgehead atoms. The van der Waals surface area contributed by atoms with E-state index in [1.807, 2.05) is 78.9 Å². The van der Waals surface area contributed by atoms with E-state index in [9.17, 15) is 4.79 Å². The molecule has 26 heavy (non-hydrogen) atoms. The van der Waals surface area contributed by atoms with Crippen molar-refractivity contribution in [2.24, 2.45) is 4.99 Å². The van der Waals surface area contributed by atoms with Crippen molar-refractivity contribution in [2.45, 2.75) is 0 Å². The van der Waals surface area contributed by atoms with Crippen LogP contribution >= 0.6 is 0 Å². The number of anilines is 1. The molecule has 1 amide bonds. The second kappa shape index (κ2) is 7.23. The highest BCUT2D eigenvalue weighted by atomic mass is 16.5. The Morgan fingerprint density at radius 3 is 2.27 bits per heavy atom. The van der Waals surface area contributed by atoms with Crippen LogP contribution in [0.3, 0.4) is 0 Å². The molecular formula is C22H18N2O2. The Hall–Kier alpha value is -3.40. The normalized spacial score (nSPS) is 13.0. The Balaban J connectivity index is 1.54. The summed E-state index contributed by atoms with van der Waals surface area (Å²) in [4.78, 5) is 17.0. The van der Waals surface area contributed by atoms with Gasteiger partial charge in [0.05, 0.1) is 17.8 Å². The van der Waals surface area contributed by atoms with Crippen LogP contribution < -0.4 is 5.32 Å². The predicted molar refractivity (Wildman–Crippen MR) is 104 cm³/mol. The summed E-state index contributed by atoms with van der Waals surface area (Å²) in [7, 11) is 0. The van der Waals surface area contributed by atoms with Gasteiger partial charge in [0.2, 0.25) is 5.90 Å². The smallest absolute Gasteiger partial charge is 0.255 e. The van der Waals surface area contributed by atoms with E-state index in [1.54, 1.807) is 0 Å². The number of amides is 1. The quantitative estimate of drug-likeness (QED) is 0.765. The van der Waals surface area contributed by atoms with Crippen molar-refractivity contribution in [2.75, 3.05) is 18.5 Å². The fourth-order valence-corrected chi connectivity index (χ4v) is 2.92. The first kappa shape index (κ1) is 16.1. The van der Waals surface area contributed by atoms with E-state index in [-0.39, 0.29) is 5.91 Å². The zero-order valence-electron chi connectivity index (χ0n) is 14.2. The number of ether oxygens (including phenoxy) is 1. The molecule has 0 aliphatic carbocycles. The molecule has 1 heterocycles. The van der Waals surface area contributed by atoms with Crippen LogP contribution in [0.4, 0.5) is 5.69 Å². The highest BCUT2D eigenvalue weighted by Crippen LogP contribution is 2.22. The van der Waals surface area contributed by atoms with Crippen molar-refractivity contribution in [3.05, 3.63) is 90.0 Å². The topological polar surface area (TPSA) is 50.7 Å². The van der Waals surface area contributed by atoms with Crippen molar-refractivity contribution in [1.82, 2.24) is 0 Å². The molecule has 1 aliphatic heterocycles. The van der Waals surface area contributed by atoms with Crippen LogP contribution in [-0.4, -0.2) is 25.0 Å². The lowest BCUT2D eigenvalue weighted by Crippen LogP contribution is -2.15. The van der Waals surface area contributed by atoms with Gasteiger partial charge in [-0.3, -0.25) is 4.79 Å². The number of nitrogens with zero attached hydrogens (tertiary/aromatic N) is 1. The van der Waals surface area contributed by atoms with Crippen LogP contribution in [0.1, 0.15) is 15.9 Å². The van der Waals surface area contributed by atoms with E-state index in [2.05, 4.69) is 10.3 Å². The van der Waals surface area contributed by atoms with E-state index in [0.717, 1.165) is 16.7 Å². The number of aliphatic imine (C=N–C) groups is 1. The van der Waals surface area contributed by atoms with Gasteiger partial charge >= 0.3 is 0 Å². The van der Waals surface area contributed by atoms with E-state index in [4.69, 9.17) is 4.74 Å². The first-order valence-corrected chi connectivity index (χ1v) is 8.55. The highest BCUT2D eigenvalue weighted by molar-refractivity contribution is 6.09. The summed E-state index contributed by atoms with van der Waals surface area (Å²) in [5.74, 6) is 0.427. The van der Waals surface area contributed by atoms with Gasteiger partial charge in [0.1, 0.15) is 6.61 Å². The number of rotatable bonds is 4. The van der Waals surface area contributed by atoms with Gasteiger partial charge in [0.15, 0.2) is 0 Å².